The maximum atomic E-state index is 4.35. The second kappa shape index (κ2) is 5.24. The van der Waals surface area contributed by atoms with Gasteiger partial charge in [-0.25, -0.2) is 0 Å². The van der Waals surface area contributed by atoms with Gasteiger partial charge in [0.1, 0.15) is 0 Å². The van der Waals surface area contributed by atoms with Gasteiger partial charge in [-0.1, -0.05) is 31.2 Å². The minimum Gasteiger partial charge on any atom is -0.353 e. The zero-order valence-electron chi connectivity index (χ0n) is 11.8. The highest BCUT2D eigenvalue weighted by molar-refractivity contribution is 5.80. The van der Waals surface area contributed by atoms with Crippen molar-refractivity contribution < 1.29 is 0 Å². The van der Waals surface area contributed by atoms with Gasteiger partial charge in [-0.15, -0.1) is 0 Å². The smallest absolute Gasteiger partial charge is 0.191 e. The van der Waals surface area contributed by atoms with Gasteiger partial charge < -0.3 is 10.6 Å². The minimum atomic E-state index is 0.509. The minimum absolute atomic E-state index is 0.509. The maximum absolute atomic E-state index is 4.35. The second-order valence-corrected chi connectivity index (χ2v) is 5.89. The van der Waals surface area contributed by atoms with Gasteiger partial charge in [0.25, 0.3) is 0 Å². The highest BCUT2D eigenvalue weighted by Crippen LogP contribution is 2.29. The summed E-state index contributed by atoms with van der Waals surface area (Å²) in [7, 11) is 1.86. The average molecular weight is 257 g/mol. The van der Waals surface area contributed by atoms with Gasteiger partial charge in [0, 0.05) is 19.1 Å². The fourth-order valence-electron chi connectivity index (χ4n) is 2.88. The van der Waals surface area contributed by atoms with Crippen LogP contribution in [0.2, 0.25) is 0 Å². The maximum Gasteiger partial charge on any atom is 0.191 e. The molecule has 1 aromatic carbocycles. The Bertz CT molecular complexity index is 481. The number of hydrogen-bond donors (Lipinski definition) is 2. The summed E-state index contributed by atoms with van der Waals surface area (Å²) in [6, 6.07) is 9.92. The van der Waals surface area contributed by atoms with Crippen molar-refractivity contribution in [2.45, 2.75) is 44.7 Å². The average Bonchev–Trinajstić information content (AvgIpc) is 3.13. The molecular formula is C16H23N3. The normalized spacial score (nSPS) is 29.6. The summed E-state index contributed by atoms with van der Waals surface area (Å²) in [5, 5.41) is 7.08. The van der Waals surface area contributed by atoms with Crippen LogP contribution in [0.1, 0.15) is 30.9 Å². The van der Waals surface area contributed by atoms with E-state index in [1.54, 1.807) is 0 Å². The molecule has 102 valence electrons. The van der Waals surface area contributed by atoms with Gasteiger partial charge in [0.05, 0.1) is 0 Å². The summed E-state index contributed by atoms with van der Waals surface area (Å²) < 4.78 is 0. The number of benzene rings is 1. The Labute approximate surface area is 115 Å². The van der Waals surface area contributed by atoms with Crippen LogP contribution in [0.5, 0.6) is 0 Å². The van der Waals surface area contributed by atoms with Crippen LogP contribution < -0.4 is 10.6 Å². The standard InChI is InChI=1S/C16H23N3/c1-11-9-15(11)19-16(17-2)18-14-8-7-12-5-3-4-6-13(12)10-14/h3-6,11,14-15H,7-10H2,1-2H3,(H2,17,18,19). The summed E-state index contributed by atoms with van der Waals surface area (Å²) in [5.74, 6) is 1.77. The predicted molar refractivity (Wildman–Crippen MR) is 79.5 cm³/mol. The molecule has 3 atom stereocenters. The van der Waals surface area contributed by atoms with Crippen LogP contribution in [0.3, 0.4) is 0 Å². The Morgan fingerprint density at radius 3 is 2.63 bits per heavy atom. The van der Waals surface area contributed by atoms with Crippen LogP contribution in [0, 0.1) is 5.92 Å². The molecular weight excluding hydrogens is 234 g/mol. The molecule has 1 fully saturated rings. The molecule has 0 aromatic heterocycles. The lowest BCUT2D eigenvalue weighted by atomic mass is 9.88. The van der Waals surface area contributed by atoms with Crippen molar-refractivity contribution in [2.75, 3.05) is 7.05 Å². The summed E-state index contributed by atoms with van der Waals surface area (Å²) in [6.07, 6.45) is 4.74. The van der Waals surface area contributed by atoms with Crippen LogP contribution in [0.4, 0.5) is 0 Å². The molecule has 3 unspecified atom stereocenters. The van der Waals surface area contributed by atoms with E-state index in [9.17, 15) is 0 Å². The Hall–Kier alpha value is -1.51. The quantitative estimate of drug-likeness (QED) is 0.629. The number of guanidine groups is 1. The zero-order chi connectivity index (χ0) is 13.2. The van der Waals surface area contributed by atoms with Crippen molar-refractivity contribution in [3.05, 3.63) is 35.4 Å². The third-order valence-corrected chi connectivity index (χ3v) is 4.34. The topological polar surface area (TPSA) is 36.4 Å². The van der Waals surface area contributed by atoms with Crippen LogP contribution in [0.25, 0.3) is 0 Å². The number of aliphatic imine (C=N–C) groups is 1. The lowest BCUT2D eigenvalue weighted by Crippen LogP contribution is -2.46. The third-order valence-electron chi connectivity index (χ3n) is 4.34. The van der Waals surface area contributed by atoms with Crippen molar-refractivity contribution >= 4 is 5.96 Å². The molecule has 2 aliphatic rings. The molecule has 1 saturated carbocycles. The van der Waals surface area contributed by atoms with Gasteiger partial charge in [0.15, 0.2) is 5.96 Å². The van der Waals surface area contributed by atoms with Gasteiger partial charge in [0.2, 0.25) is 0 Å². The molecule has 3 rings (SSSR count). The largest absolute Gasteiger partial charge is 0.353 e. The molecule has 19 heavy (non-hydrogen) atoms. The summed E-state index contributed by atoms with van der Waals surface area (Å²) in [6.45, 7) is 2.28. The molecule has 2 aliphatic carbocycles. The third kappa shape index (κ3) is 2.91. The highest BCUT2D eigenvalue weighted by atomic mass is 15.2. The SMILES string of the molecule is CN=C(NC1CCc2ccccc2C1)NC1CC1C. The fraction of sp³-hybridized carbons (Fsp3) is 0.562. The van der Waals surface area contributed by atoms with Crippen LogP contribution in [-0.4, -0.2) is 25.1 Å². The van der Waals surface area contributed by atoms with Crippen molar-refractivity contribution in [2.24, 2.45) is 10.9 Å². The lowest BCUT2D eigenvalue weighted by Gasteiger charge is -2.27. The van der Waals surface area contributed by atoms with Crippen molar-refractivity contribution in [3.8, 4) is 0 Å². The number of hydrogen-bond acceptors (Lipinski definition) is 1. The number of rotatable bonds is 2. The zero-order valence-corrected chi connectivity index (χ0v) is 11.8. The van der Waals surface area contributed by atoms with Crippen molar-refractivity contribution in [1.29, 1.82) is 0 Å². The van der Waals surface area contributed by atoms with E-state index in [0.717, 1.165) is 18.3 Å². The first-order chi connectivity index (χ1) is 9.26. The molecule has 0 spiro atoms. The predicted octanol–water partition coefficient (Wildman–Crippen LogP) is 2.12. The number of nitrogens with zero attached hydrogens (tertiary/aromatic N) is 1. The molecule has 3 heteroatoms. The molecule has 0 heterocycles. The van der Waals surface area contributed by atoms with Crippen molar-refractivity contribution in [1.82, 2.24) is 10.6 Å². The molecule has 0 saturated heterocycles. The monoisotopic (exact) mass is 257 g/mol. The number of aryl methyl sites for hydroxylation is 1. The van der Waals surface area contributed by atoms with Gasteiger partial charge in [-0.05, 0) is 42.7 Å². The molecule has 0 radical (unpaired) electrons. The van der Waals surface area contributed by atoms with Crippen LogP contribution >= 0.6 is 0 Å². The van der Waals surface area contributed by atoms with Gasteiger partial charge in [-0.2, -0.15) is 0 Å². The van der Waals surface area contributed by atoms with Crippen molar-refractivity contribution in [3.63, 3.8) is 0 Å². The first-order valence-corrected chi connectivity index (χ1v) is 7.33. The van der Waals surface area contributed by atoms with Crippen LogP contribution in [-0.2, 0) is 12.8 Å². The Balaban J connectivity index is 1.59. The molecule has 0 amide bonds. The van der Waals surface area contributed by atoms with E-state index in [4.69, 9.17) is 0 Å². The Morgan fingerprint density at radius 1 is 1.21 bits per heavy atom. The highest BCUT2D eigenvalue weighted by Gasteiger charge is 2.33. The first kappa shape index (κ1) is 12.5. The summed E-state index contributed by atoms with van der Waals surface area (Å²) in [5.41, 5.74) is 3.00. The number of nitrogens with one attached hydrogen (secondary N) is 2. The van der Waals surface area contributed by atoms with E-state index in [1.165, 1.54) is 30.4 Å². The molecule has 3 nitrogen and oxygen atoms in total. The summed E-state index contributed by atoms with van der Waals surface area (Å²) >= 11 is 0. The first-order valence-electron chi connectivity index (χ1n) is 7.33. The summed E-state index contributed by atoms with van der Waals surface area (Å²) in [4.78, 5) is 4.35. The Morgan fingerprint density at radius 2 is 1.95 bits per heavy atom. The molecule has 0 aliphatic heterocycles. The molecule has 2 N–H and O–H groups in total. The van der Waals surface area contributed by atoms with Crippen LogP contribution in [0.15, 0.2) is 29.3 Å². The van der Waals surface area contributed by atoms with E-state index in [0.29, 0.717) is 12.1 Å². The Kier molecular flexibility index (Phi) is 3.45. The van der Waals surface area contributed by atoms with Gasteiger partial charge in [-0.3, -0.25) is 4.99 Å². The van der Waals surface area contributed by atoms with Gasteiger partial charge >= 0.3 is 0 Å². The van der Waals surface area contributed by atoms with E-state index >= 15 is 0 Å². The second-order valence-electron chi connectivity index (χ2n) is 5.89. The van der Waals surface area contributed by atoms with E-state index in [1.807, 2.05) is 7.05 Å². The molecule has 0 bridgehead atoms. The van der Waals surface area contributed by atoms with E-state index in [-0.39, 0.29) is 0 Å². The van der Waals surface area contributed by atoms with E-state index < -0.39 is 0 Å². The number of fused-ring (bicyclic) bond motifs is 1. The van der Waals surface area contributed by atoms with E-state index in [2.05, 4.69) is 46.8 Å². The lowest BCUT2D eigenvalue weighted by molar-refractivity contribution is 0.519. The molecule has 1 aromatic rings. The fourth-order valence-corrected chi connectivity index (χ4v) is 2.88.